The van der Waals surface area contributed by atoms with Crippen LogP contribution in [0.3, 0.4) is 0 Å². The lowest BCUT2D eigenvalue weighted by molar-refractivity contribution is -0.132. The molecule has 0 saturated carbocycles. The van der Waals surface area contributed by atoms with Crippen LogP contribution in [0, 0.1) is 5.92 Å². The summed E-state index contributed by atoms with van der Waals surface area (Å²) in [4.78, 5) is 32.8. The summed E-state index contributed by atoms with van der Waals surface area (Å²) in [5, 5.41) is 0. The Hall–Kier alpha value is -1.40. The lowest BCUT2D eigenvalue weighted by atomic mass is 9.93. The number of hydrogen-bond donors (Lipinski definition) is 0. The van der Waals surface area contributed by atoms with Gasteiger partial charge in [-0.05, 0) is 56.8 Å². The molecule has 2 aliphatic rings. The van der Waals surface area contributed by atoms with Gasteiger partial charge in [0.15, 0.2) is 0 Å². The first kappa shape index (κ1) is 18.4. The van der Waals surface area contributed by atoms with E-state index in [2.05, 4.69) is 11.9 Å². The van der Waals surface area contributed by atoms with Crippen molar-refractivity contribution in [1.82, 2.24) is 14.7 Å². The molecule has 1 atom stereocenters. The largest absolute Gasteiger partial charge is 0.344 e. The molecule has 2 aliphatic heterocycles. The van der Waals surface area contributed by atoms with Gasteiger partial charge in [0.25, 0.3) is 5.91 Å². The van der Waals surface area contributed by atoms with Crippen LogP contribution in [0.2, 0.25) is 0 Å². The van der Waals surface area contributed by atoms with Crippen LogP contribution in [-0.2, 0) is 17.8 Å². The molecule has 1 aromatic heterocycles. The van der Waals surface area contributed by atoms with Gasteiger partial charge < -0.3 is 14.7 Å². The molecule has 0 N–H and O–H groups in total. The van der Waals surface area contributed by atoms with Gasteiger partial charge in [0.05, 0.1) is 4.88 Å². The highest BCUT2D eigenvalue weighted by molar-refractivity contribution is 7.14. The Morgan fingerprint density at radius 2 is 2.12 bits per heavy atom. The highest BCUT2D eigenvalue weighted by Crippen LogP contribution is 2.29. The Morgan fingerprint density at radius 3 is 2.84 bits per heavy atom. The monoisotopic (exact) mass is 363 g/mol. The third-order valence-electron chi connectivity index (χ3n) is 5.32. The smallest absolute Gasteiger partial charge is 0.263 e. The fraction of sp³-hybridized carbons (Fsp3) is 0.684. The molecule has 1 saturated heterocycles. The molecule has 5 nitrogen and oxygen atoms in total. The average Bonchev–Trinajstić information content (AvgIpc) is 3.02. The molecule has 3 heterocycles. The quantitative estimate of drug-likeness (QED) is 0.825. The molecule has 0 aromatic carbocycles. The second-order valence-electron chi connectivity index (χ2n) is 7.63. The number of rotatable bonds is 4. The SMILES string of the molecule is CN1CCCC(CCC(=O)N2CCc3sc(C(=O)N(C)C)cc3C2)C1. The molecule has 2 amide bonds. The number of piperidine rings is 1. The molecule has 1 fully saturated rings. The number of fused-ring (bicyclic) bond motifs is 1. The molecule has 0 aliphatic carbocycles. The van der Waals surface area contributed by atoms with Crippen molar-refractivity contribution in [3.05, 3.63) is 21.4 Å². The minimum Gasteiger partial charge on any atom is -0.344 e. The normalized spacial score (nSPS) is 21.1. The van der Waals surface area contributed by atoms with E-state index in [4.69, 9.17) is 0 Å². The summed E-state index contributed by atoms with van der Waals surface area (Å²) in [5.74, 6) is 0.984. The molecule has 1 aromatic rings. The summed E-state index contributed by atoms with van der Waals surface area (Å²) in [6, 6.07) is 1.98. The van der Waals surface area contributed by atoms with Crippen molar-refractivity contribution in [2.45, 2.75) is 38.6 Å². The molecule has 25 heavy (non-hydrogen) atoms. The molecule has 3 rings (SSSR count). The van der Waals surface area contributed by atoms with E-state index < -0.39 is 0 Å². The van der Waals surface area contributed by atoms with Gasteiger partial charge in [0.1, 0.15) is 0 Å². The molecule has 138 valence electrons. The van der Waals surface area contributed by atoms with Crippen molar-refractivity contribution in [2.75, 3.05) is 40.8 Å². The molecule has 0 bridgehead atoms. The van der Waals surface area contributed by atoms with Gasteiger partial charge in [0.2, 0.25) is 5.91 Å². The standard InChI is InChI=1S/C19H29N3O2S/c1-20(2)19(24)17-11-15-13-22(10-8-16(15)25-17)18(23)7-6-14-5-4-9-21(3)12-14/h11,14H,4-10,12-13H2,1-3H3. The zero-order valence-electron chi connectivity index (χ0n) is 15.6. The van der Waals surface area contributed by atoms with E-state index >= 15 is 0 Å². The summed E-state index contributed by atoms with van der Waals surface area (Å²) in [6.45, 7) is 3.76. The summed E-state index contributed by atoms with van der Waals surface area (Å²) in [7, 11) is 5.72. The summed E-state index contributed by atoms with van der Waals surface area (Å²) < 4.78 is 0. The van der Waals surface area contributed by atoms with Gasteiger partial charge in [-0.15, -0.1) is 11.3 Å². The van der Waals surface area contributed by atoms with Gasteiger partial charge in [0, 0.05) is 45.0 Å². The van der Waals surface area contributed by atoms with E-state index in [0.717, 1.165) is 36.4 Å². The van der Waals surface area contributed by atoms with E-state index in [1.165, 1.54) is 24.3 Å². The predicted molar refractivity (Wildman–Crippen MR) is 101 cm³/mol. The van der Waals surface area contributed by atoms with E-state index in [0.29, 0.717) is 18.9 Å². The van der Waals surface area contributed by atoms with Crippen LogP contribution in [0.25, 0.3) is 0 Å². The summed E-state index contributed by atoms with van der Waals surface area (Å²) in [6.07, 6.45) is 5.03. The van der Waals surface area contributed by atoms with Crippen LogP contribution in [0.1, 0.15) is 45.8 Å². The van der Waals surface area contributed by atoms with E-state index in [1.54, 1.807) is 30.3 Å². The highest BCUT2D eigenvalue weighted by Gasteiger charge is 2.25. The number of amides is 2. The number of thiophene rings is 1. The predicted octanol–water partition coefficient (Wildman–Crippen LogP) is 2.46. The Labute approximate surface area is 154 Å². The van der Waals surface area contributed by atoms with Crippen LogP contribution in [-0.4, -0.2) is 67.3 Å². The second-order valence-corrected chi connectivity index (χ2v) is 8.77. The van der Waals surface area contributed by atoms with Gasteiger partial charge in [-0.2, -0.15) is 0 Å². The van der Waals surface area contributed by atoms with Gasteiger partial charge in [-0.25, -0.2) is 0 Å². The zero-order chi connectivity index (χ0) is 18.0. The van der Waals surface area contributed by atoms with Gasteiger partial charge in [-0.3, -0.25) is 9.59 Å². The lowest BCUT2D eigenvalue weighted by Crippen LogP contribution is -2.36. The second kappa shape index (κ2) is 7.87. The van der Waals surface area contributed by atoms with Crippen LogP contribution < -0.4 is 0 Å². The van der Waals surface area contributed by atoms with E-state index in [9.17, 15) is 9.59 Å². The maximum absolute atomic E-state index is 12.6. The Balaban J connectivity index is 1.55. The minimum absolute atomic E-state index is 0.0543. The number of hydrogen-bond acceptors (Lipinski definition) is 4. The van der Waals surface area contributed by atoms with Crippen molar-refractivity contribution in [3.8, 4) is 0 Å². The first-order valence-corrected chi connectivity index (χ1v) is 10.0. The van der Waals surface area contributed by atoms with Crippen molar-refractivity contribution < 1.29 is 9.59 Å². The maximum atomic E-state index is 12.6. The summed E-state index contributed by atoms with van der Waals surface area (Å²) in [5.41, 5.74) is 1.16. The van der Waals surface area contributed by atoms with E-state index in [-0.39, 0.29) is 11.8 Å². The summed E-state index contributed by atoms with van der Waals surface area (Å²) >= 11 is 1.59. The molecule has 6 heteroatoms. The third kappa shape index (κ3) is 4.42. The molecule has 1 unspecified atom stereocenters. The van der Waals surface area contributed by atoms with Crippen LogP contribution in [0.4, 0.5) is 0 Å². The van der Waals surface area contributed by atoms with Crippen molar-refractivity contribution >= 4 is 23.2 Å². The Bertz CT molecular complexity index is 641. The molecular weight excluding hydrogens is 334 g/mol. The Morgan fingerprint density at radius 1 is 1.32 bits per heavy atom. The third-order valence-corrected chi connectivity index (χ3v) is 6.55. The van der Waals surface area contributed by atoms with Crippen molar-refractivity contribution in [3.63, 3.8) is 0 Å². The van der Waals surface area contributed by atoms with Gasteiger partial charge in [-0.1, -0.05) is 0 Å². The van der Waals surface area contributed by atoms with Crippen molar-refractivity contribution in [2.24, 2.45) is 5.92 Å². The number of nitrogens with zero attached hydrogens (tertiary/aromatic N) is 3. The maximum Gasteiger partial charge on any atom is 0.263 e. The van der Waals surface area contributed by atoms with Gasteiger partial charge >= 0.3 is 0 Å². The molecular formula is C19H29N3O2S. The highest BCUT2D eigenvalue weighted by atomic mass is 32.1. The van der Waals surface area contributed by atoms with Crippen molar-refractivity contribution in [1.29, 1.82) is 0 Å². The first-order valence-electron chi connectivity index (χ1n) is 9.23. The topological polar surface area (TPSA) is 43.9 Å². The average molecular weight is 364 g/mol. The number of carbonyl (C=O) groups excluding carboxylic acids is 2. The fourth-order valence-corrected chi connectivity index (χ4v) is 5.05. The van der Waals surface area contributed by atoms with Crippen LogP contribution in [0.5, 0.6) is 0 Å². The number of carbonyl (C=O) groups is 2. The van der Waals surface area contributed by atoms with Crippen LogP contribution in [0.15, 0.2) is 6.07 Å². The van der Waals surface area contributed by atoms with Crippen LogP contribution >= 0.6 is 11.3 Å². The van der Waals surface area contributed by atoms with E-state index in [1.807, 2.05) is 11.0 Å². The fourth-order valence-electron chi connectivity index (χ4n) is 3.87. The molecule has 0 spiro atoms. The first-order chi connectivity index (χ1) is 11.9. The Kier molecular flexibility index (Phi) is 5.79. The number of likely N-dealkylation sites (tertiary alicyclic amines) is 1. The minimum atomic E-state index is 0.0543. The zero-order valence-corrected chi connectivity index (χ0v) is 16.4. The lowest BCUT2D eigenvalue weighted by Gasteiger charge is -2.31. The molecule has 0 radical (unpaired) electrons.